The molecule has 1 aromatic rings. The summed E-state index contributed by atoms with van der Waals surface area (Å²) in [6.45, 7) is 1.45. The van der Waals surface area contributed by atoms with Gasteiger partial charge in [-0.15, -0.1) is 11.6 Å². The van der Waals surface area contributed by atoms with Crippen LogP contribution in [0, 0.1) is 17.7 Å². The number of halogens is 2. The number of hydrogen-bond acceptors (Lipinski definition) is 2. The van der Waals surface area contributed by atoms with Crippen LogP contribution in [-0.2, 0) is 6.54 Å². The molecule has 0 heterocycles. The lowest BCUT2D eigenvalue weighted by atomic mass is 9.80. The molecular weight excluding hydrogens is 277 g/mol. The molecule has 4 heteroatoms. The molecule has 1 aliphatic carbocycles. The molecule has 0 bridgehead atoms. The Labute approximate surface area is 125 Å². The zero-order valence-electron chi connectivity index (χ0n) is 12.0. The van der Waals surface area contributed by atoms with Crippen LogP contribution in [0.15, 0.2) is 18.2 Å². The average molecular weight is 300 g/mol. The van der Waals surface area contributed by atoms with Crippen molar-refractivity contribution in [1.29, 1.82) is 0 Å². The number of ether oxygens (including phenoxy) is 1. The van der Waals surface area contributed by atoms with E-state index in [1.807, 2.05) is 6.07 Å². The van der Waals surface area contributed by atoms with Gasteiger partial charge in [-0.1, -0.05) is 25.0 Å². The van der Waals surface area contributed by atoms with Crippen molar-refractivity contribution in [2.24, 2.45) is 11.8 Å². The second kappa shape index (κ2) is 7.84. The molecule has 2 unspecified atom stereocenters. The standard InChI is InChI=1S/C16H23ClFNO/c1-20-15-8-4-7-14(16(15)18)11-19-10-13-6-3-2-5-12(13)9-17/h4,7-8,12-13,19H,2-3,5-6,9-11H2,1H3. The maximum absolute atomic E-state index is 14.0. The Morgan fingerprint density at radius 2 is 2.05 bits per heavy atom. The Bertz CT molecular complexity index is 427. The van der Waals surface area contributed by atoms with Gasteiger partial charge >= 0.3 is 0 Å². The lowest BCUT2D eigenvalue weighted by Gasteiger charge is -2.30. The van der Waals surface area contributed by atoms with Crippen molar-refractivity contribution in [3.63, 3.8) is 0 Å². The van der Waals surface area contributed by atoms with Gasteiger partial charge in [-0.05, 0) is 37.3 Å². The number of benzene rings is 1. The molecule has 1 aliphatic rings. The molecule has 112 valence electrons. The molecule has 1 N–H and O–H groups in total. The first-order valence-corrected chi connectivity index (χ1v) is 7.87. The van der Waals surface area contributed by atoms with Crippen molar-refractivity contribution < 1.29 is 9.13 Å². The van der Waals surface area contributed by atoms with E-state index < -0.39 is 0 Å². The second-order valence-corrected chi connectivity index (χ2v) is 5.83. The summed E-state index contributed by atoms with van der Waals surface area (Å²) in [5.41, 5.74) is 0.655. The Morgan fingerprint density at radius 1 is 1.30 bits per heavy atom. The van der Waals surface area contributed by atoms with Crippen molar-refractivity contribution in [3.8, 4) is 5.75 Å². The van der Waals surface area contributed by atoms with Crippen molar-refractivity contribution in [1.82, 2.24) is 5.32 Å². The molecule has 20 heavy (non-hydrogen) atoms. The molecule has 1 saturated carbocycles. The van der Waals surface area contributed by atoms with E-state index in [0.29, 0.717) is 29.7 Å². The highest BCUT2D eigenvalue weighted by atomic mass is 35.5. The molecule has 0 spiro atoms. The highest BCUT2D eigenvalue weighted by Gasteiger charge is 2.23. The Kier molecular flexibility index (Phi) is 6.11. The third-order valence-electron chi connectivity index (χ3n) is 4.25. The monoisotopic (exact) mass is 299 g/mol. The normalized spacial score (nSPS) is 22.8. The molecule has 0 aliphatic heterocycles. The van der Waals surface area contributed by atoms with E-state index in [2.05, 4.69) is 5.32 Å². The summed E-state index contributed by atoms with van der Waals surface area (Å²) < 4.78 is 19.0. The first-order chi connectivity index (χ1) is 9.76. The van der Waals surface area contributed by atoms with Gasteiger partial charge in [-0.2, -0.15) is 0 Å². The number of methoxy groups -OCH3 is 1. The SMILES string of the molecule is COc1cccc(CNCC2CCCCC2CCl)c1F. The zero-order valence-corrected chi connectivity index (χ0v) is 12.8. The van der Waals surface area contributed by atoms with E-state index in [4.69, 9.17) is 16.3 Å². The van der Waals surface area contributed by atoms with Crippen molar-refractivity contribution in [2.45, 2.75) is 32.2 Å². The molecule has 0 amide bonds. The average Bonchev–Trinajstić information content (AvgIpc) is 2.49. The van der Waals surface area contributed by atoms with Gasteiger partial charge in [0.25, 0.3) is 0 Å². The summed E-state index contributed by atoms with van der Waals surface area (Å²) in [7, 11) is 1.49. The fraction of sp³-hybridized carbons (Fsp3) is 0.625. The minimum Gasteiger partial charge on any atom is -0.494 e. The lowest BCUT2D eigenvalue weighted by molar-refractivity contribution is 0.250. The summed E-state index contributed by atoms with van der Waals surface area (Å²) in [5.74, 6) is 2.00. The highest BCUT2D eigenvalue weighted by molar-refractivity contribution is 6.18. The summed E-state index contributed by atoms with van der Waals surface area (Å²) in [6, 6.07) is 5.26. The van der Waals surface area contributed by atoms with Crippen molar-refractivity contribution in [2.75, 3.05) is 19.5 Å². The van der Waals surface area contributed by atoms with Crippen LogP contribution >= 0.6 is 11.6 Å². The minimum atomic E-state index is -0.264. The predicted molar refractivity (Wildman–Crippen MR) is 80.8 cm³/mol. The van der Waals surface area contributed by atoms with Gasteiger partial charge in [-0.3, -0.25) is 0 Å². The molecule has 2 atom stereocenters. The minimum absolute atomic E-state index is 0.264. The molecule has 2 rings (SSSR count). The molecule has 0 aromatic heterocycles. The lowest BCUT2D eigenvalue weighted by Crippen LogP contribution is -2.31. The van der Waals surface area contributed by atoms with Gasteiger partial charge in [-0.25, -0.2) is 4.39 Å². The highest BCUT2D eigenvalue weighted by Crippen LogP contribution is 2.30. The summed E-state index contributed by atoms with van der Waals surface area (Å²) in [4.78, 5) is 0. The van der Waals surface area contributed by atoms with Crippen LogP contribution in [0.3, 0.4) is 0 Å². The van der Waals surface area contributed by atoms with Crippen LogP contribution < -0.4 is 10.1 Å². The van der Waals surface area contributed by atoms with Gasteiger partial charge in [0, 0.05) is 18.0 Å². The van der Waals surface area contributed by atoms with Crippen molar-refractivity contribution >= 4 is 11.6 Å². The number of rotatable bonds is 6. The van der Waals surface area contributed by atoms with Crippen LogP contribution in [0.2, 0.25) is 0 Å². The Morgan fingerprint density at radius 3 is 2.75 bits per heavy atom. The van der Waals surface area contributed by atoms with Crippen LogP contribution in [0.25, 0.3) is 0 Å². The van der Waals surface area contributed by atoms with Gasteiger partial charge in [0.2, 0.25) is 0 Å². The fourth-order valence-corrected chi connectivity index (χ4v) is 3.41. The molecule has 1 fully saturated rings. The molecular formula is C16H23ClFNO. The second-order valence-electron chi connectivity index (χ2n) is 5.52. The first-order valence-electron chi connectivity index (χ1n) is 7.34. The Balaban J connectivity index is 1.86. The fourth-order valence-electron chi connectivity index (χ4n) is 3.00. The zero-order chi connectivity index (χ0) is 14.4. The third-order valence-corrected chi connectivity index (χ3v) is 4.65. The van der Waals surface area contributed by atoms with E-state index in [1.54, 1.807) is 12.1 Å². The van der Waals surface area contributed by atoms with E-state index in [9.17, 15) is 4.39 Å². The van der Waals surface area contributed by atoms with E-state index in [-0.39, 0.29) is 5.82 Å². The van der Waals surface area contributed by atoms with Crippen LogP contribution in [0.4, 0.5) is 4.39 Å². The predicted octanol–water partition coefficient (Wildman–Crippen LogP) is 3.97. The largest absolute Gasteiger partial charge is 0.494 e. The van der Waals surface area contributed by atoms with E-state index >= 15 is 0 Å². The topological polar surface area (TPSA) is 21.3 Å². The first kappa shape index (κ1) is 15.6. The maximum atomic E-state index is 14.0. The third kappa shape index (κ3) is 3.86. The smallest absolute Gasteiger partial charge is 0.169 e. The summed E-state index contributed by atoms with van der Waals surface area (Å²) in [6.07, 6.45) is 5.03. The Hall–Kier alpha value is -0.800. The number of nitrogens with one attached hydrogen (secondary N) is 1. The quantitative estimate of drug-likeness (QED) is 0.803. The van der Waals surface area contributed by atoms with Gasteiger partial charge in [0.05, 0.1) is 7.11 Å². The molecule has 2 nitrogen and oxygen atoms in total. The number of hydrogen-bond donors (Lipinski definition) is 1. The van der Waals surface area contributed by atoms with Crippen LogP contribution in [0.1, 0.15) is 31.2 Å². The van der Waals surface area contributed by atoms with Gasteiger partial charge < -0.3 is 10.1 Å². The van der Waals surface area contributed by atoms with Crippen molar-refractivity contribution in [3.05, 3.63) is 29.6 Å². The molecule has 0 radical (unpaired) electrons. The summed E-state index contributed by atoms with van der Waals surface area (Å²) >= 11 is 6.03. The number of alkyl halides is 1. The maximum Gasteiger partial charge on any atom is 0.169 e. The van der Waals surface area contributed by atoms with Gasteiger partial charge in [0.1, 0.15) is 0 Å². The molecule has 0 saturated heterocycles. The van der Waals surface area contributed by atoms with E-state index in [0.717, 1.165) is 12.4 Å². The van der Waals surface area contributed by atoms with E-state index in [1.165, 1.54) is 32.8 Å². The van der Waals surface area contributed by atoms with Gasteiger partial charge in [0.15, 0.2) is 11.6 Å². The molecule has 1 aromatic carbocycles. The summed E-state index contributed by atoms with van der Waals surface area (Å²) in [5, 5.41) is 3.37. The van der Waals surface area contributed by atoms with Crippen LogP contribution in [0.5, 0.6) is 5.75 Å². The van der Waals surface area contributed by atoms with Crippen LogP contribution in [-0.4, -0.2) is 19.5 Å².